The average Bonchev–Trinajstić information content (AvgIpc) is 3.12. The van der Waals surface area contributed by atoms with Crippen LogP contribution >= 0.6 is 23.1 Å². The van der Waals surface area contributed by atoms with Gasteiger partial charge in [-0.05, 0) is 35.3 Å². The van der Waals surface area contributed by atoms with Gasteiger partial charge in [-0.25, -0.2) is 4.98 Å². The highest BCUT2D eigenvalue weighted by atomic mass is 35.5. The highest BCUT2D eigenvalue weighted by Gasteiger charge is 2.23. The molecule has 5 rings (SSSR count). The number of nitrogen functional groups attached to an aromatic ring is 1. The van der Waals surface area contributed by atoms with Gasteiger partial charge in [-0.1, -0.05) is 29.8 Å². The Balaban J connectivity index is 1.76. The van der Waals surface area contributed by atoms with Crippen LogP contribution < -0.4 is 9.69 Å². The van der Waals surface area contributed by atoms with Crippen molar-refractivity contribution in [3.05, 3.63) is 72.1 Å². The maximum Gasteiger partial charge on any atom is 0.367 e. The molecule has 0 atom stereocenters. The van der Waals surface area contributed by atoms with Crippen molar-refractivity contribution >= 4 is 49.9 Å². The number of anilines is 1. The molecule has 0 unspecified atom stereocenters. The molecule has 3 aromatic heterocycles. The van der Waals surface area contributed by atoms with Gasteiger partial charge in [0.05, 0.1) is 21.4 Å². The van der Waals surface area contributed by atoms with E-state index in [0.29, 0.717) is 22.4 Å². The molecule has 0 aliphatic carbocycles. The van der Waals surface area contributed by atoms with E-state index in [1.54, 1.807) is 23.9 Å². The van der Waals surface area contributed by atoms with Crippen molar-refractivity contribution in [1.82, 2.24) is 15.0 Å². The first kappa shape index (κ1) is 16.1. The molecular weight excluding hydrogens is 378 g/mol. The van der Waals surface area contributed by atoms with E-state index >= 15 is 0 Å². The summed E-state index contributed by atoms with van der Waals surface area (Å²) in [7, 11) is 0. The Kier molecular flexibility index (Phi) is 3.74. The van der Waals surface area contributed by atoms with Crippen LogP contribution in [0.4, 0.5) is 5.82 Å². The minimum absolute atomic E-state index is 0.368. The second-order valence-electron chi connectivity index (χ2n) is 6.08. The van der Waals surface area contributed by atoms with Crippen LogP contribution in [0.5, 0.6) is 0 Å². The zero-order valence-electron chi connectivity index (χ0n) is 14.0. The predicted molar refractivity (Wildman–Crippen MR) is 109 cm³/mol. The third-order valence-electron chi connectivity index (χ3n) is 4.29. The van der Waals surface area contributed by atoms with Gasteiger partial charge in [0.2, 0.25) is 0 Å². The molecule has 2 N–H and O–H groups in total. The van der Waals surface area contributed by atoms with Crippen molar-refractivity contribution in [1.29, 1.82) is 0 Å². The smallest absolute Gasteiger partial charge is 0.362 e. The van der Waals surface area contributed by atoms with E-state index in [1.165, 1.54) is 0 Å². The molecule has 130 valence electrons. The van der Waals surface area contributed by atoms with E-state index in [4.69, 9.17) is 17.3 Å². The number of halogens is 1. The van der Waals surface area contributed by atoms with Gasteiger partial charge >= 0.3 is 5.82 Å². The first-order chi connectivity index (χ1) is 13.2. The maximum atomic E-state index is 6.47. The number of pyridine rings is 1. The van der Waals surface area contributed by atoms with Crippen LogP contribution in [-0.2, 0) is 0 Å². The molecule has 0 fully saturated rings. The number of aromatic nitrogens is 4. The van der Waals surface area contributed by atoms with Gasteiger partial charge in [0.15, 0.2) is 5.69 Å². The largest absolute Gasteiger partial charge is 0.367 e. The number of hydrogen-bond donors (Lipinski definition) is 1. The van der Waals surface area contributed by atoms with Crippen LogP contribution in [0.1, 0.15) is 0 Å². The normalized spacial score (nSPS) is 11.3. The lowest BCUT2D eigenvalue weighted by atomic mass is 10.1. The van der Waals surface area contributed by atoms with Crippen molar-refractivity contribution in [3.8, 4) is 17.1 Å². The van der Waals surface area contributed by atoms with E-state index in [1.807, 2.05) is 46.6 Å². The fraction of sp³-hybridized carbons (Fsp3) is 0. The van der Waals surface area contributed by atoms with Crippen molar-refractivity contribution in [2.45, 2.75) is 0 Å². The number of benzene rings is 2. The van der Waals surface area contributed by atoms with E-state index in [9.17, 15) is 0 Å². The number of hydrogen-bond acceptors (Lipinski definition) is 5. The number of nitrogens with two attached hydrogens (primary N) is 1. The Bertz CT molecular complexity index is 1280. The molecule has 0 aliphatic rings. The highest BCUT2D eigenvalue weighted by Crippen LogP contribution is 2.31. The van der Waals surface area contributed by atoms with E-state index < -0.39 is 0 Å². The minimum atomic E-state index is 0.368. The Labute approximate surface area is 163 Å². The van der Waals surface area contributed by atoms with Gasteiger partial charge < -0.3 is 5.73 Å². The van der Waals surface area contributed by atoms with Crippen LogP contribution in [-0.4, -0.2) is 15.0 Å². The Morgan fingerprint density at radius 3 is 2.74 bits per heavy atom. The third kappa shape index (κ3) is 2.79. The van der Waals surface area contributed by atoms with Crippen molar-refractivity contribution < 1.29 is 3.96 Å². The molecular formula is C20H13ClN5S+. The SMILES string of the molecule is Nc1cnc(-c2cc(Cl)c3ncccc3c2)c(-[n+]2cc3ccccc3s2)n1. The molecule has 2 aromatic carbocycles. The Morgan fingerprint density at radius 1 is 1.00 bits per heavy atom. The minimum Gasteiger partial charge on any atom is -0.362 e. The summed E-state index contributed by atoms with van der Waals surface area (Å²) < 4.78 is 3.15. The maximum absolute atomic E-state index is 6.47. The summed E-state index contributed by atoms with van der Waals surface area (Å²) in [4.78, 5) is 13.5. The standard InChI is InChI=1S/C20H13ClN5S/c21-15-9-14(8-12-5-3-7-23-18(12)15)19-20(25-17(22)10-24-19)26-11-13-4-1-2-6-16(13)27-26/h1-11H,(H2,22,25)/q+1. The summed E-state index contributed by atoms with van der Waals surface area (Å²) in [5, 5.41) is 2.67. The summed E-state index contributed by atoms with van der Waals surface area (Å²) in [6.07, 6.45) is 5.33. The third-order valence-corrected chi connectivity index (χ3v) is 5.62. The molecule has 5 aromatic rings. The summed E-state index contributed by atoms with van der Waals surface area (Å²) in [6.45, 7) is 0. The van der Waals surface area contributed by atoms with Crippen molar-refractivity contribution in [2.24, 2.45) is 0 Å². The van der Waals surface area contributed by atoms with Crippen LogP contribution in [0, 0.1) is 0 Å². The monoisotopic (exact) mass is 390 g/mol. The van der Waals surface area contributed by atoms with Gasteiger partial charge in [-0.3, -0.25) is 4.98 Å². The molecule has 7 heteroatoms. The molecule has 0 saturated carbocycles. The zero-order chi connectivity index (χ0) is 18.4. The van der Waals surface area contributed by atoms with Gasteiger partial charge in [0, 0.05) is 34.1 Å². The molecule has 0 amide bonds. The summed E-state index contributed by atoms with van der Waals surface area (Å²) in [5.41, 5.74) is 8.29. The molecule has 5 nitrogen and oxygen atoms in total. The lowest BCUT2D eigenvalue weighted by molar-refractivity contribution is -0.522. The molecule has 0 radical (unpaired) electrons. The van der Waals surface area contributed by atoms with E-state index in [2.05, 4.69) is 27.1 Å². The summed E-state index contributed by atoms with van der Waals surface area (Å²) >= 11 is 8.06. The van der Waals surface area contributed by atoms with E-state index in [0.717, 1.165) is 26.6 Å². The van der Waals surface area contributed by atoms with E-state index in [-0.39, 0.29) is 0 Å². The second-order valence-corrected chi connectivity index (χ2v) is 7.51. The molecule has 3 heterocycles. The Hall–Kier alpha value is -3.09. The van der Waals surface area contributed by atoms with Gasteiger partial charge in [-0.2, -0.15) is 0 Å². The lowest BCUT2D eigenvalue weighted by Crippen LogP contribution is -2.27. The zero-order valence-corrected chi connectivity index (χ0v) is 15.6. The van der Waals surface area contributed by atoms with Crippen LogP contribution in [0.3, 0.4) is 0 Å². The molecule has 0 saturated heterocycles. The second kappa shape index (κ2) is 6.26. The van der Waals surface area contributed by atoms with Gasteiger partial charge in [-0.15, -0.1) is 3.96 Å². The summed E-state index contributed by atoms with van der Waals surface area (Å²) in [5.74, 6) is 1.04. The first-order valence-electron chi connectivity index (χ1n) is 8.27. The van der Waals surface area contributed by atoms with Gasteiger partial charge in [0.25, 0.3) is 5.82 Å². The Morgan fingerprint density at radius 2 is 1.85 bits per heavy atom. The molecule has 27 heavy (non-hydrogen) atoms. The quantitative estimate of drug-likeness (QED) is 0.453. The van der Waals surface area contributed by atoms with Crippen LogP contribution in [0.25, 0.3) is 38.1 Å². The first-order valence-corrected chi connectivity index (χ1v) is 9.42. The molecule has 0 bridgehead atoms. The summed E-state index contributed by atoms with van der Waals surface area (Å²) in [6, 6.07) is 15.9. The molecule has 0 aliphatic heterocycles. The highest BCUT2D eigenvalue weighted by molar-refractivity contribution is 7.09. The van der Waals surface area contributed by atoms with Crippen molar-refractivity contribution in [2.75, 3.05) is 5.73 Å². The fourth-order valence-corrected chi connectivity index (χ4v) is 4.30. The average molecular weight is 391 g/mol. The van der Waals surface area contributed by atoms with Gasteiger partial charge in [0.1, 0.15) is 6.20 Å². The number of fused-ring (bicyclic) bond motifs is 2. The lowest BCUT2D eigenvalue weighted by Gasteiger charge is -2.05. The predicted octanol–water partition coefficient (Wildman–Crippen LogP) is 4.42. The number of nitrogens with zero attached hydrogens (tertiary/aromatic N) is 4. The topological polar surface area (TPSA) is 68.6 Å². The van der Waals surface area contributed by atoms with Crippen LogP contribution in [0.15, 0.2) is 67.1 Å². The molecule has 0 spiro atoms. The van der Waals surface area contributed by atoms with Crippen LogP contribution in [0.2, 0.25) is 5.02 Å². The fourth-order valence-electron chi connectivity index (χ4n) is 3.07. The van der Waals surface area contributed by atoms with Crippen molar-refractivity contribution in [3.63, 3.8) is 0 Å². The number of rotatable bonds is 2.